The lowest BCUT2D eigenvalue weighted by molar-refractivity contribution is -0.132. The number of carbonyl (C=O) groups is 2. The fraction of sp³-hybridized carbons (Fsp3) is 0.500. The summed E-state index contributed by atoms with van der Waals surface area (Å²) >= 11 is 0. The number of aliphatic imine (C=N–C) groups is 1. The van der Waals surface area contributed by atoms with E-state index in [2.05, 4.69) is 15.6 Å². The number of benzene rings is 1. The summed E-state index contributed by atoms with van der Waals surface area (Å²) in [6.45, 7) is 1.69. The first-order valence-electron chi connectivity index (χ1n) is 10.4. The summed E-state index contributed by atoms with van der Waals surface area (Å²) in [4.78, 5) is 28.8. The Labute approximate surface area is 191 Å². The maximum absolute atomic E-state index is 13.0. The Morgan fingerprint density at radius 2 is 2.03 bits per heavy atom. The Morgan fingerprint density at radius 1 is 1.36 bits per heavy atom. The van der Waals surface area contributed by atoms with Gasteiger partial charge in [-0.1, -0.05) is 6.07 Å². The van der Waals surface area contributed by atoms with Crippen LogP contribution in [-0.4, -0.2) is 73.6 Å². The zero-order valence-electron chi connectivity index (χ0n) is 19.2. The molecule has 0 radical (unpaired) electrons. The molecule has 1 aromatic carbocycles. The number of amides is 2. The molecule has 0 bridgehead atoms. The molecule has 0 aliphatic carbocycles. The molecule has 11 heteroatoms. The van der Waals surface area contributed by atoms with Crippen LogP contribution in [0.15, 0.2) is 40.5 Å². The van der Waals surface area contributed by atoms with E-state index in [1.54, 1.807) is 32.2 Å². The number of hydrogen-bond donors (Lipinski definition) is 3. The fourth-order valence-corrected chi connectivity index (χ4v) is 3.24. The minimum Gasteiger partial charge on any atom is -0.493 e. The number of carbonyl (C=O) groups excluding carboxylic acids is 2. The Balaban J connectivity index is 1.93. The first-order valence-corrected chi connectivity index (χ1v) is 10.4. The van der Waals surface area contributed by atoms with Gasteiger partial charge in [-0.2, -0.15) is 5.06 Å². The molecule has 2 amide bonds. The van der Waals surface area contributed by atoms with Gasteiger partial charge in [-0.3, -0.25) is 14.6 Å². The molecule has 1 atom stereocenters. The molecule has 0 spiro atoms. The van der Waals surface area contributed by atoms with E-state index in [9.17, 15) is 23.6 Å². The van der Waals surface area contributed by atoms with Gasteiger partial charge in [0.05, 0.1) is 17.9 Å². The highest BCUT2D eigenvalue weighted by Gasteiger charge is 2.30. The Bertz CT molecular complexity index is 912. The van der Waals surface area contributed by atoms with Gasteiger partial charge in [0.15, 0.2) is 6.61 Å². The molecule has 0 saturated carbocycles. The van der Waals surface area contributed by atoms with Crippen molar-refractivity contribution in [2.75, 3.05) is 33.9 Å². The third-order valence-corrected chi connectivity index (χ3v) is 4.67. The normalized spacial score (nSPS) is 19.3. The van der Waals surface area contributed by atoms with Gasteiger partial charge in [0.1, 0.15) is 18.0 Å². The van der Waals surface area contributed by atoms with Gasteiger partial charge in [0, 0.05) is 51.7 Å². The van der Waals surface area contributed by atoms with Crippen molar-refractivity contribution >= 4 is 17.5 Å². The fourth-order valence-electron chi connectivity index (χ4n) is 3.24. The topological polar surface area (TPSA) is 112 Å². The Morgan fingerprint density at radius 3 is 2.64 bits per heavy atom. The number of allylic oxidation sites excluding steroid dienone is 1. The van der Waals surface area contributed by atoms with Gasteiger partial charge in [0.2, 0.25) is 5.91 Å². The van der Waals surface area contributed by atoms with E-state index in [1.165, 1.54) is 13.1 Å². The molecule has 1 heterocycles. The van der Waals surface area contributed by atoms with Crippen molar-refractivity contribution in [2.45, 2.75) is 38.7 Å². The van der Waals surface area contributed by atoms with E-state index in [0.29, 0.717) is 35.6 Å². The van der Waals surface area contributed by atoms with Crippen molar-refractivity contribution in [3.8, 4) is 11.5 Å². The summed E-state index contributed by atoms with van der Waals surface area (Å²) in [6, 6.07) is 6.20. The largest absolute Gasteiger partial charge is 0.493 e. The average Bonchev–Trinajstić information content (AvgIpc) is 2.70. The Kier molecular flexibility index (Phi) is 9.30. The number of nitrogens with zero attached hydrogens (tertiary/aromatic N) is 2. The second-order valence-corrected chi connectivity index (χ2v) is 7.88. The van der Waals surface area contributed by atoms with Crippen molar-refractivity contribution < 1.29 is 33.1 Å². The molecule has 1 aliphatic heterocycles. The van der Waals surface area contributed by atoms with E-state index in [-0.39, 0.29) is 30.9 Å². The number of ether oxygens (including phenoxy) is 2. The SMILES string of the molecule is C/N=C1/CC(CCOc2cccc(OCC(C)(F)F)c2)NC(=O)/C1=C(/C)NC(=O)CN(C)O. The van der Waals surface area contributed by atoms with E-state index in [4.69, 9.17) is 9.47 Å². The van der Waals surface area contributed by atoms with E-state index in [0.717, 1.165) is 12.0 Å². The van der Waals surface area contributed by atoms with Crippen LogP contribution in [-0.2, 0) is 9.59 Å². The summed E-state index contributed by atoms with van der Waals surface area (Å²) in [5.41, 5.74) is 1.19. The van der Waals surface area contributed by atoms with Crippen LogP contribution in [0.5, 0.6) is 11.5 Å². The van der Waals surface area contributed by atoms with Crippen molar-refractivity contribution in [1.29, 1.82) is 0 Å². The first-order chi connectivity index (χ1) is 15.5. The molecule has 9 nitrogen and oxygen atoms in total. The van der Waals surface area contributed by atoms with Crippen LogP contribution >= 0.6 is 0 Å². The highest BCUT2D eigenvalue weighted by molar-refractivity contribution is 6.24. The van der Waals surface area contributed by atoms with Crippen molar-refractivity contribution in [2.24, 2.45) is 4.99 Å². The number of hydroxylamine groups is 2. The van der Waals surface area contributed by atoms with E-state index >= 15 is 0 Å². The van der Waals surface area contributed by atoms with Gasteiger partial charge in [-0.15, -0.1) is 0 Å². The highest BCUT2D eigenvalue weighted by Crippen LogP contribution is 2.23. The average molecular weight is 469 g/mol. The summed E-state index contributed by atoms with van der Waals surface area (Å²) < 4.78 is 36.7. The lowest BCUT2D eigenvalue weighted by Crippen LogP contribution is -2.47. The quantitative estimate of drug-likeness (QED) is 0.358. The second-order valence-electron chi connectivity index (χ2n) is 7.88. The number of nitrogens with one attached hydrogen (secondary N) is 2. The van der Waals surface area contributed by atoms with Crippen LogP contribution in [0.25, 0.3) is 0 Å². The van der Waals surface area contributed by atoms with Crippen LogP contribution in [0, 0.1) is 0 Å². The van der Waals surface area contributed by atoms with Crippen LogP contribution in [0.3, 0.4) is 0 Å². The molecular weight excluding hydrogens is 438 g/mol. The predicted molar refractivity (Wildman–Crippen MR) is 118 cm³/mol. The van der Waals surface area contributed by atoms with Crippen LogP contribution in [0.2, 0.25) is 0 Å². The van der Waals surface area contributed by atoms with Gasteiger partial charge in [-0.05, 0) is 19.1 Å². The van der Waals surface area contributed by atoms with Crippen LogP contribution in [0.4, 0.5) is 8.78 Å². The zero-order valence-corrected chi connectivity index (χ0v) is 19.2. The van der Waals surface area contributed by atoms with Crippen LogP contribution in [0.1, 0.15) is 26.7 Å². The Hall–Kier alpha value is -3.05. The molecule has 2 rings (SSSR count). The summed E-state index contributed by atoms with van der Waals surface area (Å²) in [5, 5.41) is 15.4. The lowest BCUT2D eigenvalue weighted by atomic mass is 9.94. The molecule has 0 aromatic heterocycles. The van der Waals surface area contributed by atoms with Gasteiger partial charge < -0.3 is 25.3 Å². The predicted octanol–water partition coefficient (Wildman–Crippen LogP) is 2.16. The molecule has 1 aromatic rings. The number of halogens is 2. The molecule has 3 N–H and O–H groups in total. The minimum atomic E-state index is -2.93. The van der Waals surface area contributed by atoms with E-state index < -0.39 is 18.4 Å². The van der Waals surface area contributed by atoms with Crippen molar-refractivity contribution in [3.05, 3.63) is 35.5 Å². The second kappa shape index (κ2) is 11.7. The maximum atomic E-state index is 13.0. The molecule has 1 fully saturated rings. The number of likely N-dealkylation sites (N-methyl/N-ethyl adjacent to an activating group) is 1. The van der Waals surface area contributed by atoms with Crippen LogP contribution < -0.4 is 20.1 Å². The lowest BCUT2D eigenvalue weighted by Gasteiger charge is -2.28. The number of hydrogen-bond acceptors (Lipinski definition) is 7. The van der Waals surface area contributed by atoms with Crippen molar-refractivity contribution in [1.82, 2.24) is 15.7 Å². The zero-order chi connectivity index (χ0) is 24.6. The molecule has 1 saturated heterocycles. The van der Waals surface area contributed by atoms with Gasteiger partial charge in [-0.25, -0.2) is 8.78 Å². The highest BCUT2D eigenvalue weighted by atomic mass is 19.3. The number of piperidine rings is 1. The standard InChI is InChI=1S/C22H30F2N4O5/c1-14(26-19(29)12-28(4)31)20-18(25-3)10-15(27-21(20)30)8-9-32-16-6-5-7-17(11-16)33-13-22(2,23)24/h5-7,11,15,31H,8-10,12-13H2,1-4H3,(H,26,29)(H,27,30)/b20-14-,25-18-. The third-order valence-electron chi connectivity index (χ3n) is 4.67. The molecule has 1 unspecified atom stereocenters. The molecule has 182 valence electrons. The van der Waals surface area contributed by atoms with Crippen molar-refractivity contribution in [3.63, 3.8) is 0 Å². The third kappa shape index (κ3) is 8.78. The smallest absolute Gasteiger partial charge is 0.278 e. The van der Waals surface area contributed by atoms with Gasteiger partial charge >= 0.3 is 0 Å². The molecular formula is C22H30F2N4O5. The minimum absolute atomic E-state index is 0.231. The van der Waals surface area contributed by atoms with E-state index in [1.807, 2.05) is 0 Å². The summed E-state index contributed by atoms with van der Waals surface area (Å²) in [6.07, 6.45) is 0.930. The first kappa shape index (κ1) is 26.2. The summed E-state index contributed by atoms with van der Waals surface area (Å²) in [5.74, 6) is -3.01. The molecule has 33 heavy (non-hydrogen) atoms. The molecule has 1 aliphatic rings. The maximum Gasteiger partial charge on any atom is 0.278 e. The number of alkyl halides is 2. The summed E-state index contributed by atoms with van der Waals surface area (Å²) in [7, 11) is 2.91. The monoisotopic (exact) mass is 468 g/mol. The number of rotatable bonds is 10. The van der Waals surface area contributed by atoms with Gasteiger partial charge in [0.25, 0.3) is 11.8 Å².